The zero-order valence-electron chi connectivity index (χ0n) is 17.7. The molecule has 0 N–H and O–H groups in total. The van der Waals surface area contributed by atoms with Gasteiger partial charge in [-0.2, -0.15) is 0 Å². The van der Waals surface area contributed by atoms with Gasteiger partial charge in [0.05, 0.1) is 24.6 Å². The Labute approximate surface area is 186 Å². The predicted molar refractivity (Wildman–Crippen MR) is 122 cm³/mol. The Morgan fingerprint density at radius 2 is 1.62 bits per heavy atom. The maximum absolute atomic E-state index is 14.6. The van der Waals surface area contributed by atoms with Crippen molar-refractivity contribution in [3.63, 3.8) is 0 Å². The highest BCUT2D eigenvalue weighted by Crippen LogP contribution is 2.20. The third-order valence-electron chi connectivity index (χ3n) is 5.02. The highest BCUT2D eigenvalue weighted by molar-refractivity contribution is 5.84. The van der Waals surface area contributed by atoms with Gasteiger partial charge in [0, 0.05) is 11.1 Å². The zero-order chi connectivity index (χ0) is 22.3. The number of rotatable bonds is 6. The molecule has 0 unspecified atom stereocenters. The van der Waals surface area contributed by atoms with Crippen molar-refractivity contribution < 1.29 is 13.5 Å². The van der Waals surface area contributed by atoms with E-state index in [1.54, 1.807) is 42.7 Å². The van der Waals surface area contributed by atoms with Crippen LogP contribution in [-0.4, -0.2) is 16.6 Å². The normalized spacial score (nSPS) is 10.6. The SMILES string of the molecule is CCCCCOc1cnc(-c2ccc(C#Cc3ccc4cc(F)ccc4c3)c(F)c2)nc1. The van der Waals surface area contributed by atoms with Crippen molar-refractivity contribution in [2.45, 2.75) is 26.2 Å². The lowest BCUT2D eigenvalue weighted by atomic mass is 10.1. The van der Waals surface area contributed by atoms with Gasteiger partial charge < -0.3 is 4.74 Å². The maximum atomic E-state index is 14.6. The lowest BCUT2D eigenvalue weighted by molar-refractivity contribution is 0.304. The summed E-state index contributed by atoms with van der Waals surface area (Å²) in [7, 11) is 0. The molecule has 0 saturated heterocycles. The molecule has 0 atom stereocenters. The Kier molecular flexibility index (Phi) is 6.72. The van der Waals surface area contributed by atoms with Crippen LogP contribution in [0.2, 0.25) is 0 Å². The van der Waals surface area contributed by atoms with E-state index in [-0.39, 0.29) is 11.4 Å². The quantitative estimate of drug-likeness (QED) is 0.258. The van der Waals surface area contributed by atoms with Gasteiger partial charge in [0.15, 0.2) is 11.6 Å². The number of nitrogens with zero attached hydrogens (tertiary/aromatic N) is 2. The van der Waals surface area contributed by atoms with E-state index in [0.717, 1.165) is 35.6 Å². The summed E-state index contributed by atoms with van der Waals surface area (Å²) >= 11 is 0. The van der Waals surface area contributed by atoms with Crippen LogP contribution < -0.4 is 4.74 Å². The molecule has 0 bridgehead atoms. The Hall–Kier alpha value is -3.78. The standard InChI is InChI=1S/C27H22F2N2O/c1-2-3-4-13-32-25-17-30-27(31-18-25)23-10-9-20(26(29)16-23)7-5-19-6-8-22-15-24(28)12-11-21(22)14-19/h6,8-12,14-18H,2-4,13H2,1H3. The van der Waals surface area contributed by atoms with E-state index in [9.17, 15) is 8.78 Å². The number of fused-ring (bicyclic) bond motifs is 1. The second kappa shape index (κ2) is 10.0. The average molecular weight is 428 g/mol. The number of hydrogen-bond donors (Lipinski definition) is 0. The number of benzene rings is 3. The van der Waals surface area contributed by atoms with Crippen molar-refractivity contribution >= 4 is 10.8 Å². The van der Waals surface area contributed by atoms with E-state index in [4.69, 9.17) is 4.74 Å². The van der Waals surface area contributed by atoms with Crippen molar-refractivity contribution in [2.24, 2.45) is 0 Å². The molecule has 0 fully saturated rings. The molecule has 1 heterocycles. The van der Waals surface area contributed by atoms with Crippen molar-refractivity contribution in [1.82, 2.24) is 9.97 Å². The van der Waals surface area contributed by atoms with Crippen LogP contribution in [0.5, 0.6) is 5.75 Å². The van der Waals surface area contributed by atoms with E-state index < -0.39 is 5.82 Å². The minimum atomic E-state index is -0.443. The van der Waals surface area contributed by atoms with E-state index in [1.165, 1.54) is 18.2 Å². The molecule has 0 amide bonds. The number of aromatic nitrogens is 2. The number of unbranched alkanes of at least 4 members (excludes halogenated alkanes) is 2. The van der Waals surface area contributed by atoms with Gasteiger partial charge in [0.2, 0.25) is 0 Å². The summed E-state index contributed by atoms with van der Waals surface area (Å²) in [6.07, 6.45) is 6.45. The highest BCUT2D eigenvalue weighted by atomic mass is 19.1. The molecule has 0 aliphatic rings. The first-order valence-corrected chi connectivity index (χ1v) is 10.6. The van der Waals surface area contributed by atoms with Gasteiger partial charge in [-0.25, -0.2) is 18.7 Å². The first-order valence-electron chi connectivity index (χ1n) is 10.6. The van der Waals surface area contributed by atoms with Crippen molar-refractivity contribution in [3.8, 4) is 29.0 Å². The van der Waals surface area contributed by atoms with Crippen molar-refractivity contribution in [3.05, 3.63) is 89.8 Å². The monoisotopic (exact) mass is 428 g/mol. The van der Waals surface area contributed by atoms with Crippen LogP contribution in [0.25, 0.3) is 22.2 Å². The summed E-state index contributed by atoms with van der Waals surface area (Å²) < 4.78 is 33.6. The topological polar surface area (TPSA) is 35.0 Å². The number of halogens is 2. The minimum absolute atomic E-state index is 0.281. The molecule has 0 radical (unpaired) electrons. The lowest BCUT2D eigenvalue weighted by Crippen LogP contribution is -1.99. The fraction of sp³-hybridized carbons (Fsp3) is 0.185. The van der Waals surface area contributed by atoms with Crippen LogP contribution in [0.4, 0.5) is 8.78 Å². The Balaban J connectivity index is 1.48. The Morgan fingerprint density at radius 3 is 2.41 bits per heavy atom. The molecule has 160 valence electrons. The molecule has 3 nitrogen and oxygen atoms in total. The van der Waals surface area contributed by atoms with E-state index >= 15 is 0 Å². The minimum Gasteiger partial charge on any atom is -0.490 e. The van der Waals surface area contributed by atoms with Crippen LogP contribution >= 0.6 is 0 Å². The van der Waals surface area contributed by atoms with Crippen LogP contribution in [0, 0.1) is 23.5 Å². The Morgan fingerprint density at radius 1 is 0.844 bits per heavy atom. The number of ether oxygens (including phenoxy) is 1. The van der Waals surface area contributed by atoms with E-state index in [2.05, 4.69) is 28.7 Å². The summed E-state index contributed by atoms with van der Waals surface area (Å²) in [5.74, 6) is 6.14. The molecule has 32 heavy (non-hydrogen) atoms. The van der Waals surface area contributed by atoms with Crippen LogP contribution in [0.1, 0.15) is 37.3 Å². The molecule has 1 aromatic heterocycles. The fourth-order valence-electron chi connectivity index (χ4n) is 3.27. The van der Waals surface area contributed by atoms with Crippen LogP contribution in [0.3, 0.4) is 0 Å². The van der Waals surface area contributed by atoms with Gasteiger partial charge in [0.1, 0.15) is 11.6 Å². The van der Waals surface area contributed by atoms with Crippen LogP contribution in [0.15, 0.2) is 67.0 Å². The largest absolute Gasteiger partial charge is 0.490 e. The van der Waals surface area contributed by atoms with Gasteiger partial charge in [-0.3, -0.25) is 0 Å². The Bertz CT molecular complexity index is 1290. The first kappa shape index (κ1) is 21.5. The molecular formula is C27H22F2N2O. The molecule has 0 saturated carbocycles. The molecule has 0 aliphatic heterocycles. The molecule has 0 aliphatic carbocycles. The van der Waals surface area contributed by atoms with Crippen molar-refractivity contribution in [1.29, 1.82) is 0 Å². The molecule has 5 heteroatoms. The fourth-order valence-corrected chi connectivity index (χ4v) is 3.27. The maximum Gasteiger partial charge on any atom is 0.159 e. The number of hydrogen-bond acceptors (Lipinski definition) is 3. The smallest absolute Gasteiger partial charge is 0.159 e. The predicted octanol–water partition coefficient (Wildman–Crippen LogP) is 6.54. The lowest BCUT2D eigenvalue weighted by Gasteiger charge is -2.06. The molecule has 4 aromatic rings. The zero-order valence-corrected chi connectivity index (χ0v) is 17.7. The molecule has 4 rings (SSSR count). The van der Waals surface area contributed by atoms with Gasteiger partial charge in [-0.15, -0.1) is 0 Å². The molecule has 3 aromatic carbocycles. The summed E-state index contributed by atoms with van der Waals surface area (Å²) in [6.45, 7) is 2.77. The molecule has 0 spiro atoms. The summed E-state index contributed by atoms with van der Waals surface area (Å²) in [5.41, 5.74) is 1.58. The van der Waals surface area contributed by atoms with E-state index in [0.29, 0.717) is 23.7 Å². The summed E-state index contributed by atoms with van der Waals surface area (Å²) in [5, 5.41) is 1.67. The summed E-state index contributed by atoms with van der Waals surface area (Å²) in [6, 6.07) is 14.8. The van der Waals surface area contributed by atoms with E-state index in [1.807, 2.05) is 6.07 Å². The third kappa shape index (κ3) is 5.28. The van der Waals surface area contributed by atoms with Gasteiger partial charge in [-0.05, 0) is 59.7 Å². The molecular weight excluding hydrogens is 406 g/mol. The van der Waals surface area contributed by atoms with Crippen molar-refractivity contribution in [2.75, 3.05) is 6.61 Å². The second-order valence-electron chi connectivity index (χ2n) is 7.45. The summed E-state index contributed by atoms with van der Waals surface area (Å²) in [4.78, 5) is 8.56. The average Bonchev–Trinajstić information content (AvgIpc) is 2.81. The third-order valence-corrected chi connectivity index (χ3v) is 5.02. The first-order chi connectivity index (χ1) is 15.6. The highest BCUT2D eigenvalue weighted by Gasteiger charge is 2.07. The van der Waals surface area contributed by atoms with Gasteiger partial charge in [0.25, 0.3) is 0 Å². The van der Waals surface area contributed by atoms with Gasteiger partial charge >= 0.3 is 0 Å². The second-order valence-corrected chi connectivity index (χ2v) is 7.45. The van der Waals surface area contributed by atoms with Gasteiger partial charge in [-0.1, -0.05) is 43.7 Å². The van der Waals surface area contributed by atoms with Crippen LogP contribution in [-0.2, 0) is 0 Å².